The molecule has 3 aromatic rings. The van der Waals surface area contributed by atoms with Crippen molar-refractivity contribution in [2.24, 2.45) is 0 Å². The van der Waals surface area contributed by atoms with Crippen LogP contribution in [0, 0.1) is 6.92 Å². The zero-order valence-electron chi connectivity index (χ0n) is 25.5. The number of amides is 1. The number of hydrogen-bond acceptors (Lipinski definition) is 7. The van der Waals surface area contributed by atoms with Gasteiger partial charge in [0.1, 0.15) is 17.6 Å². The Morgan fingerprint density at radius 1 is 1.12 bits per heavy atom. The normalized spacial score (nSPS) is 15.6. The molecule has 0 spiro atoms. The van der Waals surface area contributed by atoms with E-state index in [1.165, 1.54) is 0 Å². The number of ether oxygens (including phenoxy) is 2. The Kier molecular flexibility index (Phi) is 10.1. The van der Waals surface area contributed by atoms with Crippen LogP contribution < -0.4 is 25.3 Å². The lowest BCUT2D eigenvalue weighted by Crippen LogP contribution is -2.47. The molecule has 5 rings (SSSR count). The van der Waals surface area contributed by atoms with E-state index in [1.54, 1.807) is 7.11 Å². The van der Waals surface area contributed by atoms with Crippen molar-refractivity contribution in [1.29, 1.82) is 0 Å². The molecule has 43 heavy (non-hydrogen) atoms. The molecule has 0 aliphatic carbocycles. The molecule has 227 valence electrons. The minimum atomic E-state index is -0.279. The Labute approximate surface area is 253 Å². The first-order valence-electron chi connectivity index (χ1n) is 15.4. The Bertz CT molecular complexity index is 1500. The fourth-order valence-corrected chi connectivity index (χ4v) is 5.86. The van der Waals surface area contributed by atoms with Gasteiger partial charge in [-0.05, 0) is 60.7 Å². The first kappa shape index (κ1) is 30.4. The molecule has 1 aromatic heterocycles. The smallest absolute Gasteiger partial charge is 0.319 e. The van der Waals surface area contributed by atoms with E-state index in [1.807, 2.05) is 44.3 Å². The van der Waals surface area contributed by atoms with Crippen LogP contribution in [0.15, 0.2) is 48.7 Å². The van der Waals surface area contributed by atoms with E-state index in [2.05, 4.69) is 38.7 Å². The minimum Gasteiger partial charge on any atom is -0.497 e. The van der Waals surface area contributed by atoms with Crippen LogP contribution in [0.2, 0.25) is 0 Å². The number of aryl methyl sites for hydroxylation is 1. The largest absolute Gasteiger partial charge is 0.497 e. The lowest BCUT2D eigenvalue weighted by molar-refractivity contribution is -0.121. The number of unbranched alkanes of at least 4 members (excludes halogenated alkanes) is 2. The van der Waals surface area contributed by atoms with E-state index in [9.17, 15) is 9.59 Å². The summed E-state index contributed by atoms with van der Waals surface area (Å²) in [5, 5.41) is 7.80. The summed E-state index contributed by atoms with van der Waals surface area (Å²) in [6, 6.07) is 13.9. The van der Waals surface area contributed by atoms with Gasteiger partial charge >= 0.3 is 5.84 Å². The maximum absolute atomic E-state index is 13.5. The first-order chi connectivity index (χ1) is 21.0. The van der Waals surface area contributed by atoms with Gasteiger partial charge in [-0.15, -0.1) is 0 Å². The monoisotopic (exact) mass is 585 g/mol. The summed E-state index contributed by atoms with van der Waals surface area (Å²) in [5.74, 6) is 1.73. The summed E-state index contributed by atoms with van der Waals surface area (Å²) in [5.41, 5.74) is 6.05. The van der Waals surface area contributed by atoms with Gasteiger partial charge in [-0.2, -0.15) is 0 Å². The zero-order valence-corrected chi connectivity index (χ0v) is 25.5. The molecule has 0 bridgehead atoms. The van der Waals surface area contributed by atoms with Crippen molar-refractivity contribution in [1.82, 2.24) is 20.6 Å². The Morgan fingerprint density at radius 3 is 2.72 bits per heavy atom. The highest BCUT2D eigenvalue weighted by molar-refractivity contribution is 6.01. The molecular weight excluding hydrogens is 542 g/mol. The number of aliphatic imine (C=N–C) groups is 1. The fourth-order valence-electron chi connectivity index (χ4n) is 5.86. The second-order valence-electron chi connectivity index (χ2n) is 11.2. The summed E-state index contributed by atoms with van der Waals surface area (Å²) in [4.78, 5) is 35.8. The Hall–Kier alpha value is -4.11. The van der Waals surface area contributed by atoms with E-state index in [0.717, 1.165) is 89.5 Å². The second kappa shape index (κ2) is 14.4. The number of benzene rings is 2. The number of carbonyl (C=O) groups excluding carboxylic acids is 2. The van der Waals surface area contributed by atoms with Gasteiger partial charge in [-0.3, -0.25) is 9.59 Å². The number of H-pyrrole nitrogens is 1. The highest BCUT2D eigenvalue weighted by Crippen LogP contribution is 2.29. The predicted molar refractivity (Wildman–Crippen MR) is 171 cm³/mol. The van der Waals surface area contributed by atoms with E-state index in [-0.39, 0.29) is 18.4 Å². The maximum Gasteiger partial charge on any atom is 0.319 e. The number of fused-ring (bicyclic) bond motifs is 1. The van der Waals surface area contributed by atoms with Gasteiger partial charge < -0.3 is 24.7 Å². The average molecular weight is 586 g/mol. The predicted octanol–water partition coefficient (Wildman–Crippen LogP) is 4.61. The molecule has 2 aromatic carbocycles. The highest BCUT2D eigenvalue weighted by Gasteiger charge is 2.32. The van der Waals surface area contributed by atoms with Gasteiger partial charge in [0.05, 0.1) is 26.7 Å². The lowest BCUT2D eigenvalue weighted by atomic mass is 10.0. The number of para-hydroxylation sites is 1. The molecule has 1 saturated heterocycles. The van der Waals surface area contributed by atoms with Crippen LogP contribution in [-0.4, -0.2) is 62.0 Å². The van der Waals surface area contributed by atoms with Crippen LogP contribution in [-0.2, 0) is 20.7 Å². The van der Waals surface area contributed by atoms with Crippen molar-refractivity contribution in [3.05, 3.63) is 65.5 Å². The Morgan fingerprint density at radius 2 is 1.93 bits per heavy atom. The van der Waals surface area contributed by atoms with Crippen molar-refractivity contribution in [2.45, 2.75) is 64.8 Å². The molecule has 1 atom stereocenters. The fraction of sp³-hybridized carbons (Fsp3) is 0.441. The summed E-state index contributed by atoms with van der Waals surface area (Å²) in [7, 11) is 1.65. The maximum atomic E-state index is 13.5. The van der Waals surface area contributed by atoms with Gasteiger partial charge in [-0.1, -0.05) is 31.9 Å². The molecule has 3 heterocycles. The number of carbonyl (C=O) groups is 2. The van der Waals surface area contributed by atoms with Crippen LogP contribution in [0.1, 0.15) is 62.3 Å². The molecule has 1 radical (unpaired) electrons. The van der Waals surface area contributed by atoms with E-state index >= 15 is 0 Å². The number of nitrogens with one attached hydrogen (secondary N) is 3. The van der Waals surface area contributed by atoms with Crippen LogP contribution in [0.5, 0.6) is 5.75 Å². The van der Waals surface area contributed by atoms with Gasteiger partial charge in [0.25, 0.3) is 0 Å². The van der Waals surface area contributed by atoms with E-state index in [0.29, 0.717) is 31.8 Å². The van der Waals surface area contributed by atoms with Gasteiger partial charge in [-0.25, -0.2) is 5.32 Å². The Balaban J connectivity index is 1.29. The lowest BCUT2D eigenvalue weighted by Gasteiger charge is -2.30. The number of nitrogens with zero attached hydrogens (tertiary/aromatic N) is 2. The summed E-state index contributed by atoms with van der Waals surface area (Å²) in [6.07, 6.45) is 6.69. The number of aromatic amines is 1. The van der Waals surface area contributed by atoms with E-state index < -0.39 is 0 Å². The first-order valence-corrected chi connectivity index (χ1v) is 15.4. The molecule has 9 nitrogen and oxygen atoms in total. The second-order valence-corrected chi connectivity index (χ2v) is 11.2. The molecule has 9 heteroatoms. The third-order valence-electron chi connectivity index (χ3n) is 8.31. The minimum absolute atomic E-state index is 0.0651. The SMILES string of the molecule is CCC(=O)CCCCC[C@H](NC(=O)Cc1c(C)[nH]c2ccc(OC)cc12)C1=[N+]C=C(c2ccccc2N2CCOCC2)N1. The molecular formula is C34H43N5O4+. The number of morpholine rings is 1. The van der Waals surface area contributed by atoms with Crippen molar-refractivity contribution in [3.8, 4) is 5.75 Å². The van der Waals surface area contributed by atoms with Crippen molar-refractivity contribution in [2.75, 3.05) is 38.3 Å². The number of aromatic nitrogens is 1. The molecule has 2 aliphatic heterocycles. The topological polar surface area (TPSA) is 110 Å². The highest BCUT2D eigenvalue weighted by atomic mass is 16.5. The van der Waals surface area contributed by atoms with Gasteiger partial charge in [0.2, 0.25) is 5.91 Å². The van der Waals surface area contributed by atoms with Gasteiger partial charge in [0, 0.05) is 53.8 Å². The third-order valence-corrected chi connectivity index (χ3v) is 8.31. The molecule has 3 N–H and O–H groups in total. The molecule has 0 unspecified atom stereocenters. The number of amidine groups is 1. The quantitative estimate of drug-likeness (QED) is 0.238. The summed E-state index contributed by atoms with van der Waals surface area (Å²) in [6.45, 7) is 7.01. The van der Waals surface area contributed by atoms with Crippen molar-refractivity contribution in [3.63, 3.8) is 0 Å². The number of Topliss-reactive ketones (excluding diaryl/α,β-unsaturated/α-hetero) is 1. The number of ketones is 1. The van der Waals surface area contributed by atoms with Crippen molar-refractivity contribution >= 4 is 39.8 Å². The van der Waals surface area contributed by atoms with E-state index in [4.69, 9.17) is 14.5 Å². The number of anilines is 1. The molecule has 2 aliphatic rings. The summed E-state index contributed by atoms with van der Waals surface area (Å²) >= 11 is 0. The standard InChI is InChI=1S/C34H43N5O4/c1-4-24(40)10-6-5-7-12-30(37-33(41)21-27-23(2)36-29-15-14-25(42-3)20-28(27)29)34-35-22-31(38-34)26-11-8-9-13-32(26)39-16-18-43-19-17-39/h8-9,11,13-15,20,22,30,36,38H,4-7,10,12,16-19,21H2,1-3H3,(H,37,41)/q+1/t30-/m0/s1. The number of hydrogen-bond donors (Lipinski definition) is 3. The van der Waals surface area contributed by atoms with Gasteiger partial charge in [0.15, 0.2) is 11.9 Å². The van der Waals surface area contributed by atoms with Crippen LogP contribution >= 0.6 is 0 Å². The van der Waals surface area contributed by atoms with Crippen LogP contribution in [0.25, 0.3) is 16.6 Å². The molecule has 1 fully saturated rings. The van der Waals surface area contributed by atoms with Crippen LogP contribution in [0.4, 0.5) is 5.69 Å². The average Bonchev–Trinajstić information content (AvgIpc) is 3.65. The zero-order chi connectivity index (χ0) is 30.2. The van der Waals surface area contributed by atoms with Crippen molar-refractivity contribution < 1.29 is 19.1 Å². The third kappa shape index (κ3) is 7.46. The summed E-state index contributed by atoms with van der Waals surface area (Å²) < 4.78 is 11.0. The van der Waals surface area contributed by atoms with Crippen LogP contribution in [0.3, 0.4) is 0 Å². The molecule has 0 saturated carbocycles. The number of methoxy groups -OCH3 is 1. The number of rotatable bonds is 14. The molecule has 1 amide bonds.